The van der Waals surface area contributed by atoms with Crippen molar-refractivity contribution >= 4 is 5.97 Å². The first-order chi connectivity index (χ1) is 15.7. The van der Waals surface area contributed by atoms with Gasteiger partial charge in [-0.15, -0.1) is 0 Å². The molecule has 5 nitrogen and oxygen atoms in total. The third kappa shape index (κ3) is 5.73. The molecule has 32 heavy (non-hydrogen) atoms. The molecule has 1 heterocycles. The van der Waals surface area contributed by atoms with E-state index in [4.69, 9.17) is 9.47 Å². The standard InChI is InChI=1S/C27H23NO4/c29-27(30)16-24-15-22(11-13-25(24)31-18-20-7-3-1-4-8-20)23-12-14-26(28-17-23)32-19-21-9-5-2-6-10-21/h1-15,17H,16,18-19H2,(H,29,30). The van der Waals surface area contributed by atoms with Crippen LogP contribution in [0, 0.1) is 0 Å². The molecule has 3 aromatic carbocycles. The molecule has 1 aromatic heterocycles. The molecule has 0 bridgehead atoms. The fourth-order valence-corrected chi connectivity index (χ4v) is 3.30. The van der Waals surface area contributed by atoms with Crippen LogP contribution in [0.5, 0.6) is 11.6 Å². The van der Waals surface area contributed by atoms with Crippen molar-refractivity contribution in [2.45, 2.75) is 19.6 Å². The Balaban J connectivity index is 1.48. The quantitative estimate of drug-likeness (QED) is 0.382. The Hall–Kier alpha value is -4.12. The van der Waals surface area contributed by atoms with Gasteiger partial charge < -0.3 is 14.6 Å². The summed E-state index contributed by atoms with van der Waals surface area (Å²) in [6, 6.07) is 29.0. The Bertz CT molecular complexity index is 1160. The highest BCUT2D eigenvalue weighted by molar-refractivity contribution is 5.74. The van der Waals surface area contributed by atoms with Crippen molar-refractivity contribution in [3.8, 4) is 22.8 Å². The Kier molecular flexibility index (Phi) is 6.78. The lowest BCUT2D eigenvalue weighted by Gasteiger charge is -2.13. The molecule has 0 aliphatic rings. The zero-order valence-corrected chi connectivity index (χ0v) is 17.5. The van der Waals surface area contributed by atoms with Gasteiger partial charge in [0.05, 0.1) is 6.42 Å². The molecule has 0 aliphatic carbocycles. The van der Waals surface area contributed by atoms with Crippen molar-refractivity contribution in [2.75, 3.05) is 0 Å². The number of aromatic nitrogens is 1. The molecule has 1 N–H and O–H groups in total. The molecular weight excluding hydrogens is 402 g/mol. The maximum atomic E-state index is 11.4. The van der Waals surface area contributed by atoms with E-state index >= 15 is 0 Å². The normalized spacial score (nSPS) is 10.5. The number of benzene rings is 3. The molecule has 0 amide bonds. The first kappa shape index (κ1) is 21.1. The van der Waals surface area contributed by atoms with Crippen molar-refractivity contribution in [1.29, 1.82) is 0 Å². The van der Waals surface area contributed by atoms with Crippen molar-refractivity contribution in [2.24, 2.45) is 0 Å². The average molecular weight is 425 g/mol. The van der Waals surface area contributed by atoms with E-state index in [-0.39, 0.29) is 6.42 Å². The van der Waals surface area contributed by atoms with E-state index in [0.29, 0.717) is 30.4 Å². The van der Waals surface area contributed by atoms with E-state index in [0.717, 1.165) is 22.3 Å². The molecule has 0 fully saturated rings. The van der Waals surface area contributed by atoms with Gasteiger partial charge in [-0.25, -0.2) is 4.98 Å². The summed E-state index contributed by atoms with van der Waals surface area (Å²) in [6.07, 6.45) is 1.61. The van der Waals surface area contributed by atoms with Crippen LogP contribution in [-0.2, 0) is 24.4 Å². The molecule has 0 saturated carbocycles. The summed E-state index contributed by atoms with van der Waals surface area (Å²) in [6.45, 7) is 0.825. The maximum absolute atomic E-state index is 11.4. The Morgan fingerprint density at radius 2 is 1.38 bits per heavy atom. The molecule has 0 radical (unpaired) electrons. The van der Waals surface area contributed by atoms with E-state index in [1.807, 2.05) is 91.0 Å². The second-order valence-electron chi connectivity index (χ2n) is 7.33. The molecule has 160 valence electrons. The molecule has 4 aromatic rings. The molecule has 4 rings (SSSR count). The van der Waals surface area contributed by atoms with Gasteiger partial charge in [-0.05, 0) is 34.9 Å². The molecule has 0 saturated heterocycles. The Morgan fingerprint density at radius 3 is 1.97 bits per heavy atom. The summed E-state index contributed by atoms with van der Waals surface area (Å²) >= 11 is 0. The predicted octanol–water partition coefficient (Wildman–Crippen LogP) is 5.53. The SMILES string of the molecule is O=C(O)Cc1cc(-c2ccc(OCc3ccccc3)nc2)ccc1OCc1ccccc1. The van der Waals surface area contributed by atoms with Crippen molar-refractivity contribution in [1.82, 2.24) is 4.98 Å². The van der Waals surface area contributed by atoms with Crippen LogP contribution in [0.15, 0.2) is 97.2 Å². The fourth-order valence-electron chi connectivity index (χ4n) is 3.30. The summed E-state index contributed by atoms with van der Waals surface area (Å²) in [5.41, 5.74) is 4.46. The number of carbonyl (C=O) groups is 1. The number of nitrogens with zero attached hydrogens (tertiary/aromatic N) is 1. The number of pyridine rings is 1. The minimum Gasteiger partial charge on any atom is -0.489 e. The van der Waals surface area contributed by atoms with E-state index < -0.39 is 5.97 Å². The van der Waals surface area contributed by atoms with Crippen LogP contribution in [0.3, 0.4) is 0 Å². The van der Waals surface area contributed by atoms with Gasteiger partial charge in [0.15, 0.2) is 0 Å². The molecular formula is C27H23NO4. The molecule has 0 unspecified atom stereocenters. The number of rotatable bonds is 9. The van der Waals surface area contributed by atoms with E-state index in [1.165, 1.54) is 0 Å². The molecule has 0 atom stereocenters. The van der Waals surface area contributed by atoms with E-state index in [2.05, 4.69) is 4.98 Å². The number of carboxylic acid groups (broad SMARTS) is 1. The minimum atomic E-state index is -0.908. The van der Waals surface area contributed by atoms with Crippen molar-refractivity contribution < 1.29 is 19.4 Å². The predicted molar refractivity (Wildman–Crippen MR) is 123 cm³/mol. The molecule has 5 heteroatoms. The van der Waals surface area contributed by atoms with Gasteiger partial charge in [0.1, 0.15) is 19.0 Å². The third-order valence-electron chi connectivity index (χ3n) is 4.94. The van der Waals surface area contributed by atoms with Crippen LogP contribution < -0.4 is 9.47 Å². The number of carboxylic acids is 1. The van der Waals surface area contributed by atoms with Crippen LogP contribution in [0.4, 0.5) is 0 Å². The third-order valence-corrected chi connectivity index (χ3v) is 4.94. The van der Waals surface area contributed by atoms with Crippen molar-refractivity contribution in [3.05, 3.63) is 114 Å². The first-order valence-electron chi connectivity index (χ1n) is 10.3. The van der Waals surface area contributed by atoms with Crippen LogP contribution in [0.2, 0.25) is 0 Å². The summed E-state index contributed by atoms with van der Waals surface area (Å²) < 4.78 is 11.7. The van der Waals surface area contributed by atoms with Crippen molar-refractivity contribution in [3.63, 3.8) is 0 Å². The molecule has 0 spiro atoms. The van der Waals surface area contributed by atoms with Crippen LogP contribution in [0.1, 0.15) is 16.7 Å². The Morgan fingerprint density at radius 1 is 0.750 bits per heavy atom. The zero-order valence-electron chi connectivity index (χ0n) is 17.5. The number of hydrogen-bond acceptors (Lipinski definition) is 4. The van der Waals surface area contributed by atoms with Gasteiger partial charge in [-0.2, -0.15) is 0 Å². The number of ether oxygens (including phenoxy) is 2. The Labute approximate surface area is 186 Å². The van der Waals surface area contributed by atoms with Gasteiger partial charge in [-0.3, -0.25) is 4.79 Å². The van der Waals surface area contributed by atoms with Gasteiger partial charge in [0, 0.05) is 23.4 Å². The lowest BCUT2D eigenvalue weighted by molar-refractivity contribution is -0.136. The lowest BCUT2D eigenvalue weighted by atomic mass is 10.0. The highest BCUT2D eigenvalue weighted by atomic mass is 16.5. The number of aliphatic carboxylic acids is 1. The molecule has 0 aliphatic heterocycles. The summed E-state index contributed by atoms with van der Waals surface area (Å²) in [5.74, 6) is 0.191. The fraction of sp³-hybridized carbons (Fsp3) is 0.111. The minimum absolute atomic E-state index is 0.121. The van der Waals surface area contributed by atoms with E-state index in [9.17, 15) is 9.90 Å². The highest BCUT2D eigenvalue weighted by Crippen LogP contribution is 2.28. The van der Waals surface area contributed by atoms with Gasteiger partial charge in [-0.1, -0.05) is 66.7 Å². The maximum Gasteiger partial charge on any atom is 0.307 e. The number of hydrogen-bond donors (Lipinski definition) is 1. The summed E-state index contributed by atoms with van der Waals surface area (Å²) in [5, 5.41) is 9.34. The van der Waals surface area contributed by atoms with Crippen LogP contribution in [-0.4, -0.2) is 16.1 Å². The van der Waals surface area contributed by atoms with Gasteiger partial charge in [0.25, 0.3) is 0 Å². The smallest absolute Gasteiger partial charge is 0.307 e. The topological polar surface area (TPSA) is 68.7 Å². The average Bonchev–Trinajstić information content (AvgIpc) is 2.83. The summed E-state index contributed by atoms with van der Waals surface area (Å²) in [4.78, 5) is 15.8. The summed E-state index contributed by atoms with van der Waals surface area (Å²) in [7, 11) is 0. The van der Waals surface area contributed by atoms with Gasteiger partial charge >= 0.3 is 5.97 Å². The zero-order chi connectivity index (χ0) is 22.2. The second-order valence-corrected chi connectivity index (χ2v) is 7.33. The highest BCUT2D eigenvalue weighted by Gasteiger charge is 2.11. The monoisotopic (exact) mass is 425 g/mol. The van der Waals surface area contributed by atoms with E-state index in [1.54, 1.807) is 6.20 Å². The second kappa shape index (κ2) is 10.3. The first-order valence-corrected chi connectivity index (χ1v) is 10.3. The van der Waals surface area contributed by atoms with Gasteiger partial charge in [0.2, 0.25) is 5.88 Å². The van der Waals surface area contributed by atoms with Crippen LogP contribution >= 0.6 is 0 Å². The van der Waals surface area contributed by atoms with Crippen LogP contribution in [0.25, 0.3) is 11.1 Å². The largest absolute Gasteiger partial charge is 0.489 e. The lowest BCUT2D eigenvalue weighted by Crippen LogP contribution is -2.04.